The van der Waals surface area contributed by atoms with E-state index in [-0.39, 0.29) is 18.4 Å². The molecular weight excluding hydrogens is 254 g/mol. The number of esters is 1. The first kappa shape index (κ1) is 16.5. The first-order chi connectivity index (χ1) is 9.50. The molecule has 1 aromatic rings. The molecule has 0 fully saturated rings. The Labute approximate surface area is 121 Å². The Balaban J connectivity index is 3.01. The van der Waals surface area contributed by atoms with Gasteiger partial charge in [0.05, 0.1) is 19.1 Å². The summed E-state index contributed by atoms with van der Waals surface area (Å²) in [6, 6.07) is 7.71. The Morgan fingerprint density at radius 2 is 1.90 bits per heavy atom. The molecule has 0 aromatic heterocycles. The molecule has 0 saturated carbocycles. The van der Waals surface area contributed by atoms with E-state index in [1.54, 1.807) is 7.11 Å². The zero-order valence-corrected chi connectivity index (χ0v) is 12.8. The normalized spacial score (nSPS) is 13.9. The highest BCUT2D eigenvalue weighted by atomic mass is 16.5. The molecule has 1 atom stereocenters. The minimum atomic E-state index is -0.676. The van der Waals surface area contributed by atoms with Crippen LogP contribution in [0.5, 0.6) is 5.75 Å². The standard InChI is InChI=1S/C16H25NO3/c1-5-20-15(18)16(11-17,12(2)3)10-13-6-8-14(19-4)9-7-13/h6-9,12H,5,10-11,17H2,1-4H3. The lowest BCUT2D eigenvalue weighted by molar-refractivity contribution is -0.157. The van der Waals surface area contributed by atoms with Gasteiger partial charge in [-0.15, -0.1) is 0 Å². The summed E-state index contributed by atoms with van der Waals surface area (Å²) < 4.78 is 10.4. The Kier molecular flexibility index (Phi) is 6.02. The van der Waals surface area contributed by atoms with Crippen LogP contribution in [0.4, 0.5) is 0 Å². The zero-order valence-electron chi connectivity index (χ0n) is 12.8. The van der Waals surface area contributed by atoms with Crippen molar-refractivity contribution in [2.24, 2.45) is 17.1 Å². The summed E-state index contributed by atoms with van der Waals surface area (Å²) in [6.45, 7) is 6.47. The fourth-order valence-corrected chi connectivity index (χ4v) is 2.29. The first-order valence-electron chi connectivity index (χ1n) is 7.00. The molecule has 4 nitrogen and oxygen atoms in total. The molecule has 0 aliphatic carbocycles. The van der Waals surface area contributed by atoms with E-state index in [1.807, 2.05) is 45.0 Å². The second kappa shape index (κ2) is 7.29. The van der Waals surface area contributed by atoms with Crippen LogP contribution < -0.4 is 10.5 Å². The fraction of sp³-hybridized carbons (Fsp3) is 0.562. The third-order valence-corrected chi connectivity index (χ3v) is 3.83. The molecule has 20 heavy (non-hydrogen) atoms. The van der Waals surface area contributed by atoms with Gasteiger partial charge in [0.2, 0.25) is 0 Å². The van der Waals surface area contributed by atoms with Gasteiger partial charge in [0.15, 0.2) is 0 Å². The number of hydrogen-bond donors (Lipinski definition) is 1. The average molecular weight is 279 g/mol. The summed E-state index contributed by atoms with van der Waals surface area (Å²) in [7, 11) is 1.63. The number of hydrogen-bond acceptors (Lipinski definition) is 4. The van der Waals surface area contributed by atoms with Gasteiger partial charge in [0.25, 0.3) is 0 Å². The molecule has 1 rings (SSSR count). The van der Waals surface area contributed by atoms with Crippen LogP contribution in [0, 0.1) is 11.3 Å². The maximum atomic E-state index is 12.3. The van der Waals surface area contributed by atoms with E-state index < -0.39 is 5.41 Å². The van der Waals surface area contributed by atoms with Crippen LogP contribution >= 0.6 is 0 Å². The minimum Gasteiger partial charge on any atom is -0.497 e. The van der Waals surface area contributed by atoms with Crippen LogP contribution in [0.25, 0.3) is 0 Å². The number of carbonyl (C=O) groups excluding carboxylic acids is 1. The van der Waals surface area contributed by atoms with Crippen molar-refractivity contribution in [2.45, 2.75) is 27.2 Å². The summed E-state index contributed by atoms with van der Waals surface area (Å²) in [5, 5.41) is 0. The van der Waals surface area contributed by atoms with Crippen LogP contribution in [0.3, 0.4) is 0 Å². The first-order valence-corrected chi connectivity index (χ1v) is 7.00. The number of benzene rings is 1. The highest BCUT2D eigenvalue weighted by Gasteiger charge is 2.41. The van der Waals surface area contributed by atoms with E-state index >= 15 is 0 Å². The van der Waals surface area contributed by atoms with E-state index in [0.717, 1.165) is 11.3 Å². The highest BCUT2D eigenvalue weighted by Crippen LogP contribution is 2.33. The van der Waals surface area contributed by atoms with Crippen molar-refractivity contribution in [2.75, 3.05) is 20.3 Å². The van der Waals surface area contributed by atoms with Crippen LogP contribution in [0.2, 0.25) is 0 Å². The van der Waals surface area contributed by atoms with Crippen molar-refractivity contribution in [3.63, 3.8) is 0 Å². The number of ether oxygens (including phenoxy) is 2. The van der Waals surface area contributed by atoms with E-state index in [0.29, 0.717) is 13.0 Å². The Morgan fingerprint density at radius 3 is 2.30 bits per heavy atom. The van der Waals surface area contributed by atoms with E-state index in [1.165, 1.54) is 0 Å². The lowest BCUT2D eigenvalue weighted by Crippen LogP contribution is -2.46. The third kappa shape index (κ3) is 3.51. The number of methoxy groups -OCH3 is 1. The van der Waals surface area contributed by atoms with Gasteiger partial charge in [-0.3, -0.25) is 4.79 Å². The lowest BCUT2D eigenvalue weighted by Gasteiger charge is -2.34. The molecule has 2 N–H and O–H groups in total. The van der Waals surface area contributed by atoms with Crippen LogP contribution in [-0.2, 0) is 16.0 Å². The van der Waals surface area contributed by atoms with E-state index in [2.05, 4.69) is 0 Å². The molecule has 1 unspecified atom stereocenters. The largest absolute Gasteiger partial charge is 0.497 e. The van der Waals surface area contributed by atoms with Crippen molar-refractivity contribution >= 4 is 5.97 Å². The monoisotopic (exact) mass is 279 g/mol. The SMILES string of the molecule is CCOC(=O)C(CN)(Cc1ccc(OC)cc1)C(C)C. The lowest BCUT2D eigenvalue weighted by atomic mass is 9.72. The smallest absolute Gasteiger partial charge is 0.313 e. The summed E-state index contributed by atoms with van der Waals surface area (Å²) in [6.07, 6.45) is 0.573. The molecule has 0 amide bonds. The van der Waals surface area contributed by atoms with Gasteiger partial charge >= 0.3 is 5.97 Å². The van der Waals surface area contributed by atoms with E-state index in [4.69, 9.17) is 15.2 Å². The second-order valence-electron chi connectivity index (χ2n) is 5.26. The summed E-state index contributed by atoms with van der Waals surface area (Å²) in [5.41, 5.74) is 6.30. The third-order valence-electron chi connectivity index (χ3n) is 3.83. The molecule has 112 valence electrons. The van der Waals surface area contributed by atoms with Gasteiger partial charge in [-0.05, 0) is 37.0 Å². The van der Waals surface area contributed by atoms with Crippen molar-refractivity contribution in [1.82, 2.24) is 0 Å². The summed E-state index contributed by atoms with van der Waals surface area (Å²) >= 11 is 0. The van der Waals surface area contributed by atoms with Gasteiger partial charge in [0.1, 0.15) is 5.75 Å². The quantitative estimate of drug-likeness (QED) is 0.779. The van der Waals surface area contributed by atoms with Crippen LogP contribution in [0.15, 0.2) is 24.3 Å². The Morgan fingerprint density at radius 1 is 1.30 bits per heavy atom. The van der Waals surface area contributed by atoms with Crippen LogP contribution in [0.1, 0.15) is 26.3 Å². The molecular formula is C16H25NO3. The zero-order chi connectivity index (χ0) is 15.2. The van der Waals surface area contributed by atoms with Crippen LogP contribution in [-0.4, -0.2) is 26.2 Å². The fourth-order valence-electron chi connectivity index (χ4n) is 2.29. The Hall–Kier alpha value is -1.55. The minimum absolute atomic E-state index is 0.105. The maximum Gasteiger partial charge on any atom is 0.313 e. The number of rotatable bonds is 7. The summed E-state index contributed by atoms with van der Waals surface area (Å²) in [4.78, 5) is 12.3. The highest BCUT2D eigenvalue weighted by molar-refractivity contribution is 5.78. The van der Waals surface area contributed by atoms with Crippen molar-refractivity contribution in [3.8, 4) is 5.75 Å². The molecule has 0 heterocycles. The molecule has 1 aromatic carbocycles. The molecule has 0 aliphatic heterocycles. The predicted octanol–water partition coefficient (Wildman–Crippen LogP) is 2.40. The average Bonchev–Trinajstić information content (AvgIpc) is 2.45. The maximum absolute atomic E-state index is 12.3. The number of nitrogens with two attached hydrogens (primary N) is 1. The second-order valence-corrected chi connectivity index (χ2v) is 5.26. The van der Waals surface area contributed by atoms with Gasteiger partial charge < -0.3 is 15.2 Å². The molecule has 4 heteroatoms. The predicted molar refractivity (Wildman–Crippen MR) is 79.7 cm³/mol. The molecule has 0 saturated heterocycles. The molecule has 0 bridgehead atoms. The summed E-state index contributed by atoms with van der Waals surface area (Å²) in [5.74, 6) is 0.690. The van der Waals surface area contributed by atoms with Gasteiger partial charge in [-0.25, -0.2) is 0 Å². The molecule has 0 spiro atoms. The van der Waals surface area contributed by atoms with Crippen molar-refractivity contribution in [1.29, 1.82) is 0 Å². The Bertz CT molecular complexity index is 428. The topological polar surface area (TPSA) is 61.5 Å². The van der Waals surface area contributed by atoms with Gasteiger partial charge in [0, 0.05) is 6.54 Å². The van der Waals surface area contributed by atoms with Crippen molar-refractivity contribution in [3.05, 3.63) is 29.8 Å². The number of carbonyl (C=O) groups is 1. The van der Waals surface area contributed by atoms with Gasteiger partial charge in [-0.2, -0.15) is 0 Å². The van der Waals surface area contributed by atoms with Gasteiger partial charge in [-0.1, -0.05) is 26.0 Å². The molecule has 0 radical (unpaired) electrons. The van der Waals surface area contributed by atoms with E-state index in [9.17, 15) is 4.79 Å². The van der Waals surface area contributed by atoms with Crippen molar-refractivity contribution < 1.29 is 14.3 Å². The molecule has 0 aliphatic rings.